The Labute approximate surface area is 172 Å². The highest BCUT2D eigenvalue weighted by Gasteiger charge is 2.33. The Morgan fingerprint density at radius 2 is 2.07 bits per heavy atom. The fraction of sp³-hybridized carbons (Fsp3) is 0.478. The standard InChI is InChI=1S/C23H30N4O2/c1-25(2)15-17-9-7-8-14-26(17)16-22(28)27-20-12-5-3-10-18(20)23(29)24-19-11-4-6-13-21(19)27/h4-6,11-13,17H,3,7-10,14-16H2,1-2H3,(H,24,29). The van der Waals surface area contributed by atoms with Gasteiger partial charge in [-0.3, -0.25) is 19.4 Å². The van der Waals surface area contributed by atoms with Crippen LogP contribution >= 0.6 is 0 Å². The number of hydrogen-bond donors (Lipinski definition) is 1. The normalized spacial score (nSPS) is 22.2. The molecule has 154 valence electrons. The van der Waals surface area contributed by atoms with E-state index in [-0.39, 0.29) is 11.8 Å². The van der Waals surface area contributed by atoms with Crippen molar-refractivity contribution in [1.29, 1.82) is 0 Å². The van der Waals surface area contributed by atoms with E-state index in [0.717, 1.165) is 43.7 Å². The number of nitrogens with zero attached hydrogens (tertiary/aromatic N) is 3. The molecule has 6 nitrogen and oxygen atoms in total. The maximum atomic E-state index is 13.6. The molecular weight excluding hydrogens is 364 g/mol. The molecule has 2 amide bonds. The molecule has 2 heterocycles. The third-order valence-corrected chi connectivity index (χ3v) is 5.97. The number of hydrogen-bond acceptors (Lipinski definition) is 4. The molecule has 0 saturated carbocycles. The summed E-state index contributed by atoms with van der Waals surface area (Å²) in [6.07, 6.45) is 8.93. The zero-order valence-electron chi connectivity index (χ0n) is 17.4. The molecule has 1 unspecified atom stereocenters. The number of carbonyl (C=O) groups excluding carboxylic acids is 2. The van der Waals surface area contributed by atoms with Crippen LogP contribution in [0, 0.1) is 0 Å². The second-order valence-electron chi connectivity index (χ2n) is 8.39. The molecule has 3 aliphatic rings. The van der Waals surface area contributed by atoms with Gasteiger partial charge in [-0.15, -0.1) is 0 Å². The minimum atomic E-state index is -0.101. The van der Waals surface area contributed by atoms with E-state index < -0.39 is 0 Å². The molecule has 1 fully saturated rings. The van der Waals surface area contributed by atoms with Crippen LogP contribution in [0.25, 0.3) is 0 Å². The van der Waals surface area contributed by atoms with E-state index >= 15 is 0 Å². The number of likely N-dealkylation sites (tertiary alicyclic amines) is 1. The van der Waals surface area contributed by atoms with E-state index in [4.69, 9.17) is 0 Å². The van der Waals surface area contributed by atoms with Crippen molar-refractivity contribution >= 4 is 23.2 Å². The van der Waals surface area contributed by atoms with Crippen LogP contribution in [0.3, 0.4) is 0 Å². The molecule has 1 saturated heterocycles. The number of amides is 2. The summed E-state index contributed by atoms with van der Waals surface area (Å²) in [6.45, 7) is 2.27. The first-order valence-electron chi connectivity index (χ1n) is 10.6. The second kappa shape index (κ2) is 8.51. The van der Waals surface area contributed by atoms with E-state index in [1.807, 2.05) is 30.3 Å². The lowest BCUT2D eigenvalue weighted by atomic mass is 10.00. The van der Waals surface area contributed by atoms with Crippen LogP contribution in [0.2, 0.25) is 0 Å². The number of allylic oxidation sites excluding steroid dienone is 2. The summed E-state index contributed by atoms with van der Waals surface area (Å²) in [7, 11) is 4.17. The topological polar surface area (TPSA) is 55.9 Å². The average molecular weight is 395 g/mol. The lowest BCUT2D eigenvalue weighted by Gasteiger charge is -2.38. The van der Waals surface area contributed by atoms with Gasteiger partial charge in [0.25, 0.3) is 5.91 Å². The SMILES string of the molecule is CN(C)CC1CCCCN1CC(=O)N1C2=C(CCC=C2)C(=O)Nc2ccccc21. The molecule has 0 aromatic heterocycles. The smallest absolute Gasteiger partial charge is 0.253 e. The Bertz CT molecular complexity index is 858. The minimum absolute atomic E-state index is 0.0265. The first-order chi connectivity index (χ1) is 14.0. The van der Waals surface area contributed by atoms with E-state index in [2.05, 4.69) is 35.3 Å². The summed E-state index contributed by atoms with van der Waals surface area (Å²) in [5.41, 5.74) is 2.87. The summed E-state index contributed by atoms with van der Waals surface area (Å²) in [6, 6.07) is 7.98. The van der Waals surface area contributed by atoms with Crippen molar-refractivity contribution in [3.8, 4) is 0 Å². The average Bonchev–Trinajstić information content (AvgIpc) is 2.83. The van der Waals surface area contributed by atoms with E-state index in [0.29, 0.717) is 30.3 Å². The van der Waals surface area contributed by atoms with E-state index in [9.17, 15) is 9.59 Å². The molecule has 1 aromatic rings. The third kappa shape index (κ3) is 4.14. The van der Waals surface area contributed by atoms with Gasteiger partial charge in [0.05, 0.1) is 23.6 Å². The van der Waals surface area contributed by atoms with Gasteiger partial charge in [-0.05, 0) is 64.5 Å². The van der Waals surface area contributed by atoms with Crippen LogP contribution < -0.4 is 10.2 Å². The third-order valence-electron chi connectivity index (χ3n) is 5.97. The first-order valence-corrected chi connectivity index (χ1v) is 10.6. The van der Waals surface area contributed by atoms with Crippen LogP contribution in [0.5, 0.6) is 0 Å². The molecule has 1 aromatic carbocycles. The number of carbonyl (C=O) groups is 2. The summed E-state index contributed by atoms with van der Waals surface area (Å²) >= 11 is 0. The zero-order valence-corrected chi connectivity index (χ0v) is 17.4. The quantitative estimate of drug-likeness (QED) is 0.853. The monoisotopic (exact) mass is 394 g/mol. The van der Waals surface area contributed by atoms with Crippen molar-refractivity contribution in [3.63, 3.8) is 0 Å². The number of likely N-dealkylation sites (N-methyl/N-ethyl adjacent to an activating group) is 1. The summed E-state index contributed by atoms with van der Waals surface area (Å²) in [5, 5.41) is 3.00. The molecule has 1 atom stereocenters. The van der Waals surface area contributed by atoms with E-state index in [1.54, 1.807) is 4.90 Å². The molecule has 6 heteroatoms. The first kappa shape index (κ1) is 19.9. The number of fused-ring (bicyclic) bond motifs is 1. The molecule has 1 aliphatic carbocycles. The van der Waals surface area contributed by atoms with Gasteiger partial charge in [0, 0.05) is 18.2 Å². The van der Waals surface area contributed by atoms with Gasteiger partial charge in [-0.2, -0.15) is 0 Å². The summed E-state index contributed by atoms with van der Waals surface area (Å²) in [4.78, 5) is 32.7. The number of benzene rings is 1. The Kier molecular flexibility index (Phi) is 5.83. The summed E-state index contributed by atoms with van der Waals surface area (Å²) < 4.78 is 0. The molecular formula is C23H30N4O2. The van der Waals surface area contributed by atoms with Crippen molar-refractivity contribution in [2.45, 2.75) is 38.1 Å². The lowest BCUT2D eigenvalue weighted by molar-refractivity contribution is -0.120. The molecule has 29 heavy (non-hydrogen) atoms. The second-order valence-corrected chi connectivity index (χ2v) is 8.39. The van der Waals surface area contributed by atoms with Crippen molar-refractivity contribution in [3.05, 3.63) is 47.7 Å². The van der Waals surface area contributed by atoms with Gasteiger partial charge < -0.3 is 10.2 Å². The van der Waals surface area contributed by atoms with Gasteiger partial charge in [0.15, 0.2) is 0 Å². The Morgan fingerprint density at radius 3 is 2.90 bits per heavy atom. The largest absolute Gasteiger partial charge is 0.320 e. The number of anilines is 2. The van der Waals surface area contributed by atoms with E-state index in [1.165, 1.54) is 6.42 Å². The highest BCUT2D eigenvalue weighted by atomic mass is 16.2. The highest BCUT2D eigenvalue weighted by molar-refractivity contribution is 6.13. The molecule has 2 aliphatic heterocycles. The van der Waals surface area contributed by atoms with Gasteiger partial charge in [0.1, 0.15) is 0 Å². The minimum Gasteiger partial charge on any atom is -0.320 e. The van der Waals surface area contributed by atoms with Crippen LogP contribution in [-0.2, 0) is 9.59 Å². The number of para-hydroxylation sites is 2. The zero-order chi connectivity index (χ0) is 20.4. The Hall–Kier alpha value is -2.44. The maximum absolute atomic E-state index is 13.6. The van der Waals surface area contributed by atoms with Crippen LogP contribution in [0.1, 0.15) is 32.1 Å². The van der Waals surface area contributed by atoms with Crippen LogP contribution in [0.4, 0.5) is 11.4 Å². The van der Waals surface area contributed by atoms with Crippen LogP contribution in [-0.4, -0.2) is 61.4 Å². The predicted molar refractivity (Wildman–Crippen MR) is 116 cm³/mol. The molecule has 1 N–H and O–H groups in total. The van der Waals surface area contributed by atoms with Gasteiger partial charge in [-0.25, -0.2) is 0 Å². The Morgan fingerprint density at radius 1 is 1.24 bits per heavy atom. The van der Waals surface area contributed by atoms with Crippen molar-refractivity contribution in [2.24, 2.45) is 0 Å². The number of rotatable bonds is 4. The van der Waals surface area contributed by atoms with Crippen molar-refractivity contribution in [1.82, 2.24) is 9.80 Å². The molecule has 0 spiro atoms. The highest BCUT2D eigenvalue weighted by Crippen LogP contribution is 2.36. The van der Waals surface area contributed by atoms with Gasteiger partial charge in [-0.1, -0.05) is 24.6 Å². The lowest BCUT2D eigenvalue weighted by Crippen LogP contribution is -2.50. The molecule has 0 bridgehead atoms. The number of piperidine rings is 1. The maximum Gasteiger partial charge on any atom is 0.253 e. The van der Waals surface area contributed by atoms with Crippen molar-refractivity contribution in [2.75, 3.05) is 43.9 Å². The van der Waals surface area contributed by atoms with Gasteiger partial charge >= 0.3 is 0 Å². The van der Waals surface area contributed by atoms with Crippen LogP contribution in [0.15, 0.2) is 47.7 Å². The molecule has 4 rings (SSSR count). The summed E-state index contributed by atoms with van der Waals surface area (Å²) in [5.74, 6) is -0.0748. The van der Waals surface area contributed by atoms with Crippen molar-refractivity contribution < 1.29 is 9.59 Å². The predicted octanol–water partition coefficient (Wildman–Crippen LogP) is 2.99. The number of nitrogens with one attached hydrogen (secondary N) is 1. The Balaban J connectivity index is 1.67. The fourth-order valence-electron chi connectivity index (χ4n) is 4.60. The molecule has 0 radical (unpaired) electrons. The van der Waals surface area contributed by atoms with Gasteiger partial charge in [0.2, 0.25) is 5.91 Å². The fourth-order valence-corrected chi connectivity index (χ4v) is 4.60.